The van der Waals surface area contributed by atoms with Gasteiger partial charge in [0.25, 0.3) is 0 Å². The van der Waals surface area contributed by atoms with E-state index in [1.165, 1.54) is 18.0 Å². The number of imidazole rings is 1. The van der Waals surface area contributed by atoms with Crippen molar-refractivity contribution in [1.29, 1.82) is 0 Å². The zero-order valence-corrected chi connectivity index (χ0v) is 17.3. The number of carbonyl (C=O) groups excluding carboxylic acids is 1. The second-order valence-electron chi connectivity index (χ2n) is 7.76. The van der Waals surface area contributed by atoms with E-state index in [-0.39, 0.29) is 12.5 Å². The number of benzene rings is 1. The summed E-state index contributed by atoms with van der Waals surface area (Å²) in [4.78, 5) is 22.8. The number of piperazine rings is 1. The van der Waals surface area contributed by atoms with Crippen molar-refractivity contribution in [2.75, 3.05) is 33.2 Å². The highest BCUT2D eigenvalue weighted by atomic mass is 19.4. The molecule has 0 aliphatic carbocycles. The fourth-order valence-electron chi connectivity index (χ4n) is 3.61. The molecule has 1 aliphatic heterocycles. The van der Waals surface area contributed by atoms with Crippen LogP contribution in [0.1, 0.15) is 18.3 Å². The molecule has 1 atom stereocenters. The van der Waals surface area contributed by atoms with Crippen LogP contribution in [0.3, 0.4) is 0 Å². The minimum atomic E-state index is -4.31. The van der Waals surface area contributed by atoms with Crippen molar-refractivity contribution in [3.63, 3.8) is 0 Å². The Hall–Kier alpha value is -2.39. The Bertz CT molecular complexity index is 816. The van der Waals surface area contributed by atoms with Gasteiger partial charge in [-0.3, -0.25) is 14.6 Å². The standard InChI is InChI=1S/C21H28F3N5O/c1-17(26(2)15-19-25-8-9-29(19)16-21(22,23)24)20(30)28-12-10-27(11-13-28)14-18-6-4-3-5-7-18/h3-9,17H,10-16H2,1-2H3. The molecule has 2 heterocycles. The van der Waals surface area contributed by atoms with Crippen LogP contribution in [0.2, 0.25) is 0 Å². The summed E-state index contributed by atoms with van der Waals surface area (Å²) in [6.07, 6.45) is -1.64. The van der Waals surface area contributed by atoms with E-state index in [1.54, 1.807) is 18.9 Å². The van der Waals surface area contributed by atoms with Gasteiger partial charge in [0.1, 0.15) is 12.4 Å². The van der Waals surface area contributed by atoms with Crippen LogP contribution < -0.4 is 0 Å². The summed E-state index contributed by atoms with van der Waals surface area (Å²) >= 11 is 0. The lowest BCUT2D eigenvalue weighted by Crippen LogP contribution is -2.53. The Morgan fingerprint density at radius 2 is 1.83 bits per heavy atom. The summed E-state index contributed by atoms with van der Waals surface area (Å²) in [5.41, 5.74) is 1.25. The fraction of sp³-hybridized carbons (Fsp3) is 0.524. The Kier molecular flexibility index (Phi) is 7.14. The lowest BCUT2D eigenvalue weighted by atomic mass is 10.2. The smallest absolute Gasteiger partial charge is 0.339 e. The molecular formula is C21H28F3N5O. The molecule has 0 saturated carbocycles. The van der Waals surface area contributed by atoms with Gasteiger partial charge in [0, 0.05) is 45.1 Å². The van der Waals surface area contributed by atoms with E-state index in [9.17, 15) is 18.0 Å². The van der Waals surface area contributed by atoms with Gasteiger partial charge in [0.15, 0.2) is 0 Å². The molecule has 2 aromatic rings. The largest absolute Gasteiger partial charge is 0.406 e. The third kappa shape index (κ3) is 6.06. The number of halogens is 3. The first-order chi connectivity index (χ1) is 14.2. The average Bonchev–Trinajstić information content (AvgIpc) is 3.13. The van der Waals surface area contributed by atoms with E-state index >= 15 is 0 Å². The molecular weight excluding hydrogens is 395 g/mol. The van der Waals surface area contributed by atoms with Crippen LogP contribution in [0.15, 0.2) is 42.7 Å². The second-order valence-corrected chi connectivity index (χ2v) is 7.76. The first-order valence-corrected chi connectivity index (χ1v) is 10.0. The maximum absolute atomic E-state index is 12.9. The van der Waals surface area contributed by atoms with Crippen LogP contribution in [0.5, 0.6) is 0 Å². The van der Waals surface area contributed by atoms with E-state index in [0.717, 1.165) is 24.2 Å². The first-order valence-electron chi connectivity index (χ1n) is 10.0. The molecule has 30 heavy (non-hydrogen) atoms. The third-order valence-corrected chi connectivity index (χ3v) is 5.49. The number of carbonyl (C=O) groups is 1. The monoisotopic (exact) mass is 423 g/mol. The van der Waals surface area contributed by atoms with E-state index < -0.39 is 18.8 Å². The number of aromatic nitrogens is 2. The lowest BCUT2D eigenvalue weighted by Gasteiger charge is -2.37. The van der Waals surface area contributed by atoms with Gasteiger partial charge in [-0.1, -0.05) is 30.3 Å². The quantitative estimate of drug-likeness (QED) is 0.687. The predicted octanol–water partition coefficient (Wildman–Crippen LogP) is 2.61. The number of rotatable bonds is 7. The van der Waals surface area contributed by atoms with Gasteiger partial charge in [-0.05, 0) is 19.5 Å². The second kappa shape index (κ2) is 9.61. The van der Waals surface area contributed by atoms with Gasteiger partial charge in [0.2, 0.25) is 5.91 Å². The Morgan fingerprint density at radius 1 is 1.17 bits per heavy atom. The molecule has 0 radical (unpaired) electrons. The molecule has 3 rings (SSSR count). The van der Waals surface area contributed by atoms with Crippen LogP contribution in [0.25, 0.3) is 0 Å². The van der Waals surface area contributed by atoms with Gasteiger partial charge >= 0.3 is 6.18 Å². The molecule has 6 nitrogen and oxygen atoms in total. The molecule has 1 fully saturated rings. The van der Waals surface area contributed by atoms with Crippen LogP contribution >= 0.6 is 0 Å². The van der Waals surface area contributed by atoms with Gasteiger partial charge in [-0.15, -0.1) is 0 Å². The normalized spacial score (nSPS) is 16.8. The summed E-state index contributed by atoms with van der Waals surface area (Å²) in [5.74, 6) is 0.285. The summed E-state index contributed by atoms with van der Waals surface area (Å²) < 4.78 is 39.2. The van der Waals surface area contributed by atoms with Crippen LogP contribution in [0.4, 0.5) is 13.2 Å². The van der Waals surface area contributed by atoms with E-state index in [0.29, 0.717) is 18.9 Å². The Morgan fingerprint density at radius 3 is 2.47 bits per heavy atom. The summed E-state index contributed by atoms with van der Waals surface area (Å²) in [6, 6.07) is 9.78. The van der Waals surface area contributed by atoms with Crippen LogP contribution in [0, 0.1) is 0 Å². The van der Waals surface area contributed by atoms with Gasteiger partial charge in [-0.25, -0.2) is 4.98 Å². The maximum Gasteiger partial charge on any atom is 0.406 e. The zero-order chi connectivity index (χ0) is 21.7. The van der Waals surface area contributed by atoms with Gasteiger partial charge in [0.05, 0.1) is 12.6 Å². The number of alkyl halides is 3. The summed E-state index contributed by atoms with van der Waals surface area (Å²) in [5, 5.41) is 0. The molecule has 1 unspecified atom stereocenters. The van der Waals surface area contributed by atoms with Gasteiger partial charge in [-0.2, -0.15) is 13.2 Å². The molecule has 1 saturated heterocycles. The average molecular weight is 423 g/mol. The number of hydrogen-bond acceptors (Lipinski definition) is 4. The van der Waals surface area contributed by atoms with E-state index in [2.05, 4.69) is 22.0 Å². The summed E-state index contributed by atoms with van der Waals surface area (Å²) in [6.45, 7) is 4.63. The van der Waals surface area contributed by atoms with Crippen molar-refractivity contribution in [3.05, 3.63) is 54.1 Å². The fourth-order valence-corrected chi connectivity index (χ4v) is 3.61. The topological polar surface area (TPSA) is 44.6 Å². The molecule has 9 heteroatoms. The van der Waals surface area contributed by atoms with Crippen LogP contribution in [-0.2, 0) is 24.4 Å². The number of nitrogens with zero attached hydrogens (tertiary/aromatic N) is 5. The highest BCUT2D eigenvalue weighted by Crippen LogP contribution is 2.19. The molecule has 164 valence electrons. The minimum Gasteiger partial charge on any atom is -0.339 e. The van der Waals surface area contributed by atoms with Crippen molar-refractivity contribution in [3.8, 4) is 0 Å². The minimum absolute atomic E-state index is 0.00853. The Labute approximate surface area is 174 Å². The highest BCUT2D eigenvalue weighted by molar-refractivity contribution is 5.81. The zero-order valence-electron chi connectivity index (χ0n) is 17.3. The van der Waals surface area contributed by atoms with E-state index in [4.69, 9.17) is 0 Å². The molecule has 1 aromatic carbocycles. The van der Waals surface area contributed by atoms with Crippen molar-refractivity contribution in [2.45, 2.75) is 38.8 Å². The number of hydrogen-bond donors (Lipinski definition) is 0. The van der Waals surface area contributed by atoms with Gasteiger partial charge < -0.3 is 9.47 Å². The first kappa shape index (κ1) is 22.3. The lowest BCUT2D eigenvalue weighted by molar-refractivity contribution is -0.142. The van der Waals surface area contributed by atoms with Crippen molar-refractivity contribution in [2.24, 2.45) is 0 Å². The predicted molar refractivity (Wildman–Crippen MR) is 108 cm³/mol. The van der Waals surface area contributed by atoms with Crippen LogP contribution in [-0.4, -0.2) is 75.6 Å². The molecule has 0 N–H and O–H groups in total. The van der Waals surface area contributed by atoms with Crippen molar-refractivity contribution >= 4 is 5.91 Å². The molecule has 1 amide bonds. The maximum atomic E-state index is 12.9. The van der Waals surface area contributed by atoms with Crippen molar-refractivity contribution in [1.82, 2.24) is 24.3 Å². The molecule has 1 aliphatic rings. The van der Waals surface area contributed by atoms with E-state index in [1.807, 2.05) is 23.1 Å². The van der Waals surface area contributed by atoms with Crippen molar-refractivity contribution < 1.29 is 18.0 Å². The molecule has 0 spiro atoms. The number of likely N-dealkylation sites (N-methyl/N-ethyl adjacent to an activating group) is 1. The number of amides is 1. The molecule has 0 bridgehead atoms. The Balaban J connectivity index is 1.50. The molecule has 1 aromatic heterocycles. The third-order valence-electron chi connectivity index (χ3n) is 5.49. The highest BCUT2D eigenvalue weighted by Gasteiger charge is 2.30. The summed E-state index contributed by atoms with van der Waals surface area (Å²) in [7, 11) is 1.74. The SMILES string of the molecule is CC(C(=O)N1CCN(Cc2ccccc2)CC1)N(C)Cc1nccn1CC(F)(F)F.